The largest absolute Gasteiger partial charge is 0.455 e. The summed E-state index contributed by atoms with van der Waals surface area (Å²) in [6.07, 6.45) is 0.861. The highest BCUT2D eigenvalue weighted by atomic mass is 35.5. The van der Waals surface area contributed by atoms with Crippen LogP contribution in [-0.2, 0) is 20.9 Å². The van der Waals surface area contributed by atoms with Crippen LogP contribution in [0.25, 0.3) is 0 Å². The Morgan fingerprint density at radius 1 is 1.42 bits per heavy atom. The van der Waals surface area contributed by atoms with Crippen LogP contribution in [0.4, 0.5) is 0 Å². The summed E-state index contributed by atoms with van der Waals surface area (Å²) >= 11 is 5.96. The molecule has 2 rings (SSSR count). The molecule has 0 unspecified atom stereocenters. The highest BCUT2D eigenvalue weighted by Gasteiger charge is 2.40. The third-order valence-electron chi connectivity index (χ3n) is 3.19. The van der Waals surface area contributed by atoms with Gasteiger partial charge < -0.3 is 10.1 Å². The minimum atomic E-state index is -0.318. The second-order valence-electron chi connectivity index (χ2n) is 4.80. The van der Waals surface area contributed by atoms with Crippen molar-refractivity contribution < 1.29 is 14.3 Å². The average molecular weight is 282 g/mol. The predicted molar refractivity (Wildman–Crippen MR) is 71.5 cm³/mol. The normalized spacial score (nSPS) is 20.7. The number of esters is 1. The first kappa shape index (κ1) is 13.9. The zero-order valence-electron chi connectivity index (χ0n) is 10.7. The van der Waals surface area contributed by atoms with E-state index in [0.717, 1.165) is 12.0 Å². The van der Waals surface area contributed by atoms with E-state index in [1.54, 1.807) is 6.07 Å². The first-order chi connectivity index (χ1) is 9.08. The van der Waals surface area contributed by atoms with Gasteiger partial charge in [-0.25, -0.2) is 0 Å². The molecule has 0 heterocycles. The number of ether oxygens (including phenoxy) is 1. The molecule has 1 aromatic rings. The summed E-state index contributed by atoms with van der Waals surface area (Å²) in [5, 5.41) is 3.27. The summed E-state index contributed by atoms with van der Waals surface area (Å²) in [5.74, 6) is -0.225. The van der Waals surface area contributed by atoms with Crippen molar-refractivity contribution in [1.82, 2.24) is 5.32 Å². The standard InChI is InChI=1S/C14H16ClNO3/c1-9-6-11(9)14(18)19-8-13(17)16-7-10-4-2-3-5-12(10)15/h2-5,9,11H,6-8H2,1H3,(H,16,17)/t9-,11+/m0/s1. The topological polar surface area (TPSA) is 55.4 Å². The Kier molecular flexibility index (Phi) is 4.43. The van der Waals surface area contributed by atoms with E-state index in [9.17, 15) is 9.59 Å². The first-order valence-corrected chi connectivity index (χ1v) is 6.62. The van der Waals surface area contributed by atoms with E-state index in [2.05, 4.69) is 5.32 Å². The zero-order chi connectivity index (χ0) is 13.8. The molecule has 1 fully saturated rings. The Labute approximate surface area is 117 Å². The fourth-order valence-corrected chi connectivity index (χ4v) is 1.98. The number of carbonyl (C=O) groups excluding carboxylic acids is 2. The van der Waals surface area contributed by atoms with Crippen molar-refractivity contribution in [3.05, 3.63) is 34.9 Å². The number of hydrogen-bond acceptors (Lipinski definition) is 3. The van der Waals surface area contributed by atoms with Gasteiger partial charge in [0.25, 0.3) is 5.91 Å². The second-order valence-corrected chi connectivity index (χ2v) is 5.20. The van der Waals surface area contributed by atoms with Crippen molar-refractivity contribution in [2.45, 2.75) is 19.9 Å². The average Bonchev–Trinajstić information content (AvgIpc) is 3.12. The summed E-state index contributed by atoms with van der Waals surface area (Å²) in [7, 11) is 0. The summed E-state index contributed by atoms with van der Waals surface area (Å²) in [6, 6.07) is 7.27. The van der Waals surface area contributed by atoms with Gasteiger partial charge in [0.2, 0.25) is 0 Å². The fourth-order valence-electron chi connectivity index (χ4n) is 1.78. The molecule has 0 radical (unpaired) electrons. The van der Waals surface area contributed by atoms with Crippen LogP contribution in [0.5, 0.6) is 0 Å². The molecule has 5 heteroatoms. The second kappa shape index (κ2) is 6.06. The van der Waals surface area contributed by atoms with Crippen molar-refractivity contribution >= 4 is 23.5 Å². The Morgan fingerprint density at radius 2 is 2.11 bits per heavy atom. The number of benzene rings is 1. The van der Waals surface area contributed by atoms with Crippen LogP contribution >= 0.6 is 11.6 Å². The quantitative estimate of drug-likeness (QED) is 0.842. The van der Waals surface area contributed by atoms with Gasteiger partial charge in [0.15, 0.2) is 6.61 Å². The fraction of sp³-hybridized carbons (Fsp3) is 0.429. The van der Waals surface area contributed by atoms with Gasteiger partial charge in [-0.1, -0.05) is 36.7 Å². The maximum absolute atomic E-state index is 11.5. The van der Waals surface area contributed by atoms with Crippen LogP contribution in [0.3, 0.4) is 0 Å². The Morgan fingerprint density at radius 3 is 2.74 bits per heavy atom. The lowest BCUT2D eigenvalue weighted by Crippen LogP contribution is -2.28. The molecule has 2 atom stereocenters. The van der Waals surface area contributed by atoms with Crippen molar-refractivity contribution in [1.29, 1.82) is 0 Å². The molecule has 102 valence electrons. The van der Waals surface area contributed by atoms with Gasteiger partial charge in [0, 0.05) is 11.6 Å². The van der Waals surface area contributed by atoms with Crippen molar-refractivity contribution in [2.24, 2.45) is 11.8 Å². The van der Waals surface area contributed by atoms with Gasteiger partial charge in [0.05, 0.1) is 5.92 Å². The van der Waals surface area contributed by atoms with Gasteiger partial charge in [-0.05, 0) is 24.0 Å². The van der Waals surface area contributed by atoms with E-state index in [1.165, 1.54) is 0 Å². The number of hydrogen-bond donors (Lipinski definition) is 1. The third kappa shape index (κ3) is 3.96. The van der Waals surface area contributed by atoms with E-state index >= 15 is 0 Å². The number of rotatable bonds is 5. The molecule has 1 aliphatic rings. The molecule has 0 saturated heterocycles. The molecule has 1 aromatic carbocycles. The molecule has 0 aromatic heterocycles. The number of nitrogens with one attached hydrogen (secondary N) is 1. The van der Waals surface area contributed by atoms with Crippen LogP contribution in [0, 0.1) is 11.8 Å². The minimum Gasteiger partial charge on any atom is -0.455 e. The monoisotopic (exact) mass is 281 g/mol. The Bertz CT molecular complexity index is 489. The van der Waals surface area contributed by atoms with Gasteiger partial charge in [0.1, 0.15) is 0 Å². The maximum Gasteiger partial charge on any atom is 0.309 e. The molecule has 0 spiro atoms. The summed E-state index contributed by atoms with van der Waals surface area (Å²) in [4.78, 5) is 23.0. The summed E-state index contributed by atoms with van der Waals surface area (Å²) in [6.45, 7) is 2.09. The smallest absolute Gasteiger partial charge is 0.309 e. The predicted octanol–water partition coefficient (Wildman–Crippen LogP) is 2.16. The van der Waals surface area contributed by atoms with Crippen molar-refractivity contribution in [2.75, 3.05) is 6.61 Å². The molecule has 0 bridgehead atoms. The summed E-state index contributed by atoms with van der Waals surface area (Å²) < 4.78 is 4.93. The lowest BCUT2D eigenvalue weighted by Gasteiger charge is -2.07. The molecular weight excluding hydrogens is 266 g/mol. The highest BCUT2D eigenvalue weighted by Crippen LogP contribution is 2.38. The minimum absolute atomic E-state index is 0.0173. The Hall–Kier alpha value is -1.55. The number of amides is 1. The van der Waals surface area contributed by atoms with Gasteiger partial charge >= 0.3 is 5.97 Å². The Balaban J connectivity index is 1.70. The van der Waals surface area contributed by atoms with Crippen molar-refractivity contribution in [3.8, 4) is 0 Å². The first-order valence-electron chi connectivity index (χ1n) is 6.24. The molecule has 1 N–H and O–H groups in total. The van der Waals surface area contributed by atoms with Crippen LogP contribution < -0.4 is 5.32 Å². The van der Waals surface area contributed by atoms with E-state index in [4.69, 9.17) is 16.3 Å². The van der Waals surface area contributed by atoms with E-state index in [1.807, 2.05) is 25.1 Å². The van der Waals surface area contributed by atoms with Gasteiger partial charge in [-0.2, -0.15) is 0 Å². The SMILES string of the molecule is C[C@H]1C[C@H]1C(=O)OCC(=O)NCc1ccccc1Cl. The van der Waals surface area contributed by atoms with Crippen LogP contribution in [0.1, 0.15) is 18.9 Å². The van der Waals surface area contributed by atoms with Crippen molar-refractivity contribution in [3.63, 3.8) is 0 Å². The van der Waals surface area contributed by atoms with Gasteiger partial charge in [-0.15, -0.1) is 0 Å². The zero-order valence-corrected chi connectivity index (χ0v) is 11.4. The molecule has 4 nitrogen and oxygen atoms in total. The maximum atomic E-state index is 11.5. The molecule has 1 amide bonds. The molecular formula is C14H16ClNO3. The summed E-state index contributed by atoms with van der Waals surface area (Å²) in [5.41, 5.74) is 0.833. The van der Waals surface area contributed by atoms with E-state index in [-0.39, 0.29) is 24.4 Å². The van der Waals surface area contributed by atoms with E-state index in [0.29, 0.717) is 17.5 Å². The van der Waals surface area contributed by atoms with Gasteiger partial charge in [-0.3, -0.25) is 9.59 Å². The lowest BCUT2D eigenvalue weighted by atomic mass is 10.2. The molecule has 1 aliphatic carbocycles. The number of halogens is 1. The van der Waals surface area contributed by atoms with Crippen LogP contribution in [0.15, 0.2) is 24.3 Å². The third-order valence-corrected chi connectivity index (χ3v) is 3.56. The van der Waals surface area contributed by atoms with Crippen LogP contribution in [0.2, 0.25) is 5.02 Å². The molecule has 0 aliphatic heterocycles. The molecule has 1 saturated carbocycles. The lowest BCUT2D eigenvalue weighted by molar-refractivity contribution is -0.150. The molecule has 19 heavy (non-hydrogen) atoms. The number of carbonyl (C=O) groups is 2. The van der Waals surface area contributed by atoms with E-state index < -0.39 is 0 Å². The highest BCUT2D eigenvalue weighted by molar-refractivity contribution is 6.31. The van der Waals surface area contributed by atoms with Crippen LogP contribution in [-0.4, -0.2) is 18.5 Å².